The molecule has 1 heterocycles. The van der Waals surface area contributed by atoms with Gasteiger partial charge in [-0.1, -0.05) is 31.7 Å². The minimum Gasteiger partial charge on any atom is -0.481 e. The van der Waals surface area contributed by atoms with E-state index in [1.807, 2.05) is 18.3 Å². The van der Waals surface area contributed by atoms with E-state index in [4.69, 9.17) is 4.74 Å². The number of ether oxygens (including phenoxy) is 1. The van der Waals surface area contributed by atoms with Gasteiger partial charge in [0.25, 0.3) is 0 Å². The smallest absolute Gasteiger partial charge is 0.212 e. The molecule has 0 amide bonds. The number of rotatable bonds is 8. The number of hydrogen-bond donors (Lipinski definition) is 2. The van der Waals surface area contributed by atoms with E-state index < -0.39 is 0 Å². The molecule has 2 rings (SSSR count). The molecule has 0 bridgehead atoms. The fraction of sp³-hybridized carbons (Fsp3) is 0.667. The van der Waals surface area contributed by atoms with Gasteiger partial charge >= 0.3 is 0 Å². The number of guanidine groups is 1. The van der Waals surface area contributed by atoms with Gasteiger partial charge in [-0.2, -0.15) is 0 Å². The molecule has 0 atom stereocenters. The van der Waals surface area contributed by atoms with Crippen LogP contribution >= 0.6 is 0 Å². The second-order valence-electron chi connectivity index (χ2n) is 6.12. The van der Waals surface area contributed by atoms with E-state index in [1.54, 1.807) is 7.11 Å². The van der Waals surface area contributed by atoms with Crippen LogP contribution < -0.4 is 15.4 Å². The Hall–Kier alpha value is -1.78. The summed E-state index contributed by atoms with van der Waals surface area (Å²) in [7, 11) is 1.62. The molecular weight excluding hydrogens is 288 g/mol. The van der Waals surface area contributed by atoms with E-state index >= 15 is 0 Å². The highest BCUT2D eigenvalue weighted by atomic mass is 16.5. The van der Waals surface area contributed by atoms with Crippen molar-refractivity contribution in [2.45, 2.75) is 52.0 Å². The van der Waals surface area contributed by atoms with Gasteiger partial charge < -0.3 is 15.4 Å². The Kier molecular flexibility index (Phi) is 7.70. The van der Waals surface area contributed by atoms with Crippen LogP contribution in [0.5, 0.6) is 5.88 Å². The average molecular weight is 318 g/mol. The highest BCUT2D eigenvalue weighted by Gasteiger charge is 2.13. The molecule has 1 fully saturated rings. The zero-order valence-electron chi connectivity index (χ0n) is 14.5. The number of aliphatic imine (C=N–C) groups is 1. The van der Waals surface area contributed by atoms with E-state index in [0.29, 0.717) is 12.4 Å². The fourth-order valence-corrected chi connectivity index (χ4v) is 3.03. The lowest BCUT2D eigenvalue weighted by Gasteiger charge is -2.13. The van der Waals surface area contributed by atoms with Crippen molar-refractivity contribution in [3.05, 3.63) is 23.9 Å². The van der Waals surface area contributed by atoms with Gasteiger partial charge in [-0.15, -0.1) is 0 Å². The molecule has 5 heteroatoms. The summed E-state index contributed by atoms with van der Waals surface area (Å²) in [6.07, 6.45) is 10.1. The first kappa shape index (κ1) is 17.6. The van der Waals surface area contributed by atoms with Gasteiger partial charge in [-0.25, -0.2) is 9.98 Å². The number of aromatic nitrogens is 1. The average Bonchev–Trinajstić information content (AvgIpc) is 3.10. The molecule has 0 saturated heterocycles. The third-order valence-electron chi connectivity index (χ3n) is 4.33. The molecule has 1 aromatic rings. The maximum atomic E-state index is 5.07. The van der Waals surface area contributed by atoms with Crippen LogP contribution in [0.3, 0.4) is 0 Å². The van der Waals surface area contributed by atoms with E-state index in [9.17, 15) is 0 Å². The summed E-state index contributed by atoms with van der Waals surface area (Å²) in [6, 6.07) is 3.87. The summed E-state index contributed by atoms with van der Waals surface area (Å²) in [4.78, 5) is 8.83. The Morgan fingerprint density at radius 1 is 1.30 bits per heavy atom. The summed E-state index contributed by atoms with van der Waals surface area (Å²) < 4.78 is 5.07. The summed E-state index contributed by atoms with van der Waals surface area (Å²) in [5.74, 6) is 2.48. The topological polar surface area (TPSA) is 58.5 Å². The van der Waals surface area contributed by atoms with Crippen LogP contribution in [0.2, 0.25) is 0 Å². The Bertz CT molecular complexity index is 466. The van der Waals surface area contributed by atoms with Crippen molar-refractivity contribution in [2.75, 3.05) is 20.2 Å². The second kappa shape index (κ2) is 10.1. The Balaban J connectivity index is 1.74. The molecule has 1 aromatic heterocycles. The first-order chi connectivity index (χ1) is 11.3. The van der Waals surface area contributed by atoms with Crippen molar-refractivity contribution in [2.24, 2.45) is 10.9 Å². The van der Waals surface area contributed by atoms with Crippen LogP contribution in [0.4, 0.5) is 0 Å². The molecule has 0 aliphatic heterocycles. The third-order valence-corrected chi connectivity index (χ3v) is 4.33. The van der Waals surface area contributed by atoms with Crippen LogP contribution in [0, 0.1) is 5.92 Å². The second-order valence-corrected chi connectivity index (χ2v) is 6.12. The molecule has 23 heavy (non-hydrogen) atoms. The van der Waals surface area contributed by atoms with Crippen LogP contribution in [-0.4, -0.2) is 31.1 Å². The van der Waals surface area contributed by atoms with Crippen LogP contribution in [0.25, 0.3) is 0 Å². The lowest BCUT2D eigenvalue weighted by molar-refractivity contribution is 0.397. The molecule has 0 spiro atoms. The van der Waals surface area contributed by atoms with Gasteiger partial charge in [0.05, 0.1) is 13.7 Å². The predicted octanol–water partition coefficient (Wildman–Crippen LogP) is 3.12. The van der Waals surface area contributed by atoms with Crippen LogP contribution in [0.1, 0.15) is 51.0 Å². The molecule has 1 aliphatic rings. The molecule has 0 radical (unpaired) electrons. The van der Waals surface area contributed by atoms with Gasteiger partial charge in [0, 0.05) is 25.4 Å². The minimum atomic E-state index is 0.620. The lowest BCUT2D eigenvalue weighted by atomic mass is 10.0. The molecule has 2 N–H and O–H groups in total. The number of nitrogens with zero attached hydrogens (tertiary/aromatic N) is 2. The number of methoxy groups -OCH3 is 1. The van der Waals surface area contributed by atoms with Crippen molar-refractivity contribution in [1.29, 1.82) is 0 Å². The van der Waals surface area contributed by atoms with Gasteiger partial charge in [0.1, 0.15) is 0 Å². The largest absolute Gasteiger partial charge is 0.481 e. The molecule has 0 unspecified atom stereocenters. The van der Waals surface area contributed by atoms with Crippen LogP contribution in [-0.2, 0) is 6.54 Å². The highest BCUT2D eigenvalue weighted by molar-refractivity contribution is 5.79. The normalized spacial score (nSPS) is 15.7. The SMILES string of the molecule is CCNC(=NCc1ccc(OC)nc1)NCCCC1CCCC1. The van der Waals surface area contributed by atoms with Gasteiger partial charge in [-0.05, 0) is 31.2 Å². The van der Waals surface area contributed by atoms with Crippen molar-refractivity contribution < 1.29 is 4.74 Å². The van der Waals surface area contributed by atoms with E-state index in [0.717, 1.165) is 30.5 Å². The molecule has 1 saturated carbocycles. The van der Waals surface area contributed by atoms with Crippen molar-refractivity contribution in [3.63, 3.8) is 0 Å². The van der Waals surface area contributed by atoms with Crippen molar-refractivity contribution >= 4 is 5.96 Å². The highest BCUT2D eigenvalue weighted by Crippen LogP contribution is 2.28. The number of pyridine rings is 1. The Morgan fingerprint density at radius 3 is 2.78 bits per heavy atom. The fourth-order valence-electron chi connectivity index (χ4n) is 3.03. The quantitative estimate of drug-likeness (QED) is 0.439. The summed E-state index contributed by atoms with van der Waals surface area (Å²) in [6.45, 7) is 4.57. The van der Waals surface area contributed by atoms with Crippen molar-refractivity contribution in [1.82, 2.24) is 15.6 Å². The first-order valence-electron chi connectivity index (χ1n) is 8.83. The Morgan fingerprint density at radius 2 is 2.13 bits per heavy atom. The minimum absolute atomic E-state index is 0.620. The van der Waals surface area contributed by atoms with Gasteiger partial charge in [-0.3, -0.25) is 0 Å². The summed E-state index contributed by atoms with van der Waals surface area (Å²) in [5.41, 5.74) is 1.08. The van der Waals surface area contributed by atoms with Gasteiger partial charge in [0.2, 0.25) is 5.88 Å². The van der Waals surface area contributed by atoms with E-state index in [2.05, 4.69) is 27.5 Å². The predicted molar refractivity (Wildman–Crippen MR) is 94.8 cm³/mol. The van der Waals surface area contributed by atoms with Crippen molar-refractivity contribution in [3.8, 4) is 5.88 Å². The monoisotopic (exact) mass is 318 g/mol. The zero-order valence-corrected chi connectivity index (χ0v) is 14.5. The molecular formula is C18H30N4O. The third kappa shape index (κ3) is 6.47. The number of nitrogens with one attached hydrogen (secondary N) is 2. The molecule has 128 valence electrons. The maximum Gasteiger partial charge on any atom is 0.212 e. The molecule has 0 aromatic carbocycles. The molecule has 1 aliphatic carbocycles. The van der Waals surface area contributed by atoms with Gasteiger partial charge in [0.15, 0.2) is 5.96 Å². The Labute approximate surface area is 139 Å². The van der Waals surface area contributed by atoms with E-state index in [-0.39, 0.29) is 0 Å². The van der Waals surface area contributed by atoms with E-state index in [1.165, 1.54) is 38.5 Å². The number of hydrogen-bond acceptors (Lipinski definition) is 3. The molecule has 5 nitrogen and oxygen atoms in total. The van der Waals surface area contributed by atoms with Crippen LogP contribution in [0.15, 0.2) is 23.3 Å². The zero-order chi connectivity index (χ0) is 16.3. The standard InChI is InChI=1S/C18H30N4O/c1-3-19-18(20-12-6-9-15-7-4-5-8-15)22-14-16-10-11-17(23-2)21-13-16/h10-11,13,15H,3-9,12,14H2,1-2H3,(H2,19,20,22). The maximum absolute atomic E-state index is 5.07. The summed E-state index contributed by atoms with van der Waals surface area (Å²) >= 11 is 0. The summed E-state index contributed by atoms with van der Waals surface area (Å²) in [5, 5.41) is 6.73. The lowest BCUT2D eigenvalue weighted by Crippen LogP contribution is -2.37. The first-order valence-corrected chi connectivity index (χ1v) is 8.83.